The number of aromatic amines is 1. The molecule has 0 aromatic carbocycles. The molecule has 0 radical (unpaired) electrons. The first-order valence-corrected chi connectivity index (χ1v) is 9.22. The number of cyclic esters (lactones) is 1. The molecule has 1 aliphatic heterocycles. The van der Waals surface area contributed by atoms with Crippen molar-refractivity contribution in [3.63, 3.8) is 0 Å². The standard InChI is InChI=1S/2C5H5N.C5H10O3.C5H8O2.CH4O.H2O/c2*1-2-4-6-5-3-1;1-4(6)2-3-5(7)8;1-4-2-3-5(6)7-4;1-2;/h2*1-5H;4,6H,2-3H2,1H3,(H,7,8);4H,2-3H2,1H3;2H,1H3;1H2/p+1. The lowest BCUT2D eigenvalue weighted by Crippen LogP contribution is -2.03. The minimum absolute atomic E-state index is 0. The van der Waals surface area contributed by atoms with Gasteiger partial charge >= 0.3 is 11.9 Å². The number of hydrogen-bond acceptors (Lipinski definition) is 6. The van der Waals surface area contributed by atoms with Crippen LogP contribution in [0.5, 0.6) is 0 Å². The second-order valence-corrected chi connectivity index (χ2v) is 5.72. The fourth-order valence-corrected chi connectivity index (χ4v) is 1.65. The third-order valence-electron chi connectivity index (χ3n) is 3.04. The number of aromatic nitrogens is 2. The second-order valence-electron chi connectivity index (χ2n) is 5.72. The summed E-state index contributed by atoms with van der Waals surface area (Å²) in [5.74, 6) is -0.904. The highest BCUT2D eigenvalue weighted by molar-refractivity contribution is 5.71. The zero-order valence-corrected chi connectivity index (χ0v) is 17.8. The molecule has 1 fully saturated rings. The summed E-state index contributed by atoms with van der Waals surface area (Å²) in [6.07, 6.45) is 8.84. The molecule has 3 heterocycles. The summed E-state index contributed by atoms with van der Waals surface area (Å²) in [6, 6.07) is 11.6. The van der Waals surface area contributed by atoms with Crippen LogP contribution in [0.25, 0.3) is 0 Å². The Morgan fingerprint density at radius 2 is 1.70 bits per heavy atom. The van der Waals surface area contributed by atoms with Crippen LogP contribution in [0.3, 0.4) is 0 Å². The first kappa shape index (κ1) is 31.8. The lowest BCUT2D eigenvalue weighted by molar-refractivity contribution is -0.377. The predicted octanol–water partition coefficient (Wildman–Crippen LogP) is 1.31. The number of carbonyl (C=O) groups excluding carboxylic acids is 1. The minimum Gasteiger partial charge on any atom is -0.481 e. The van der Waals surface area contributed by atoms with Crippen molar-refractivity contribution in [2.24, 2.45) is 0 Å². The largest absolute Gasteiger partial charge is 0.481 e. The van der Waals surface area contributed by atoms with Crippen LogP contribution in [0, 0.1) is 0 Å². The molecule has 170 valence electrons. The summed E-state index contributed by atoms with van der Waals surface area (Å²) < 4.78 is 4.72. The van der Waals surface area contributed by atoms with E-state index in [0.717, 1.165) is 13.5 Å². The number of nitrogens with one attached hydrogen (secondary N) is 1. The SMILES string of the molecule is CC(O)CCC(=O)O.CC1CCC(=O)O1.CO.O.c1cc[nH+]cc1.c1ccncc1. The molecule has 9 nitrogen and oxygen atoms in total. The maximum Gasteiger partial charge on any atom is 0.306 e. The Kier molecular flexibility index (Phi) is 25.6. The van der Waals surface area contributed by atoms with Crippen molar-refractivity contribution >= 4 is 11.9 Å². The van der Waals surface area contributed by atoms with Crippen LogP contribution >= 0.6 is 0 Å². The van der Waals surface area contributed by atoms with Crippen molar-refractivity contribution in [2.45, 2.75) is 51.7 Å². The molecule has 6 N–H and O–H groups in total. The first-order chi connectivity index (χ1) is 13.9. The number of carboxylic acid groups (broad SMARTS) is 1. The van der Waals surface area contributed by atoms with E-state index in [4.69, 9.17) is 20.1 Å². The van der Waals surface area contributed by atoms with Gasteiger partial charge in [0.05, 0.1) is 12.2 Å². The normalized spacial score (nSPS) is 14.0. The average Bonchev–Trinajstić information content (AvgIpc) is 3.14. The molecule has 0 bridgehead atoms. The van der Waals surface area contributed by atoms with Gasteiger partial charge in [-0.1, -0.05) is 12.1 Å². The average molecular weight is 428 g/mol. The van der Waals surface area contributed by atoms with Gasteiger partial charge in [-0.05, 0) is 38.8 Å². The van der Waals surface area contributed by atoms with E-state index in [9.17, 15) is 9.59 Å². The predicted molar refractivity (Wildman–Crippen MR) is 112 cm³/mol. The maximum atomic E-state index is 10.2. The molecular formula is C21H35N2O7+. The van der Waals surface area contributed by atoms with E-state index < -0.39 is 12.1 Å². The number of H-pyrrole nitrogens is 1. The summed E-state index contributed by atoms with van der Waals surface area (Å²) in [5.41, 5.74) is 0. The summed E-state index contributed by atoms with van der Waals surface area (Å²) in [7, 11) is 1.00. The van der Waals surface area contributed by atoms with Crippen molar-refractivity contribution in [1.29, 1.82) is 0 Å². The fourth-order valence-electron chi connectivity index (χ4n) is 1.65. The molecule has 2 aromatic heterocycles. The van der Waals surface area contributed by atoms with E-state index in [1.165, 1.54) is 0 Å². The highest BCUT2D eigenvalue weighted by atomic mass is 16.5. The van der Waals surface area contributed by atoms with E-state index in [0.29, 0.717) is 12.8 Å². The molecule has 9 heteroatoms. The van der Waals surface area contributed by atoms with Crippen molar-refractivity contribution in [3.05, 3.63) is 61.2 Å². The molecule has 1 saturated heterocycles. The summed E-state index contributed by atoms with van der Waals surface area (Å²) in [6.45, 7) is 3.48. The molecule has 0 spiro atoms. The van der Waals surface area contributed by atoms with Gasteiger partial charge < -0.3 is 25.5 Å². The van der Waals surface area contributed by atoms with Crippen molar-refractivity contribution in [1.82, 2.24) is 4.98 Å². The Bertz CT molecular complexity index is 514. The third-order valence-corrected chi connectivity index (χ3v) is 3.04. The van der Waals surface area contributed by atoms with Gasteiger partial charge in [0.15, 0.2) is 12.4 Å². The van der Waals surface area contributed by atoms with Gasteiger partial charge in [0, 0.05) is 44.5 Å². The molecule has 2 unspecified atom stereocenters. The molecule has 0 aliphatic carbocycles. The number of carbonyl (C=O) groups is 2. The van der Waals surface area contributed by atoms with Crippen LogP contribution in [0.15, 0.2) is 61.2 Å². The number of hydrogen-bond donors (Lipinski definition) is 3. The zero-order chi connectivity index (χ0) is 22.3. The molecule has 2 aromatic rings. The fraction of sp³-hybridized carbons (Fsp3) is 0.429. The zero-order valence-electron chi connectivity index (χ0n) is 17.8. The van der Waals surface area contributed by atoms with E-state index in [2.05, 4.69) is 9.97 Å². The summed E-state index contributed by atoms with van der Waals surface area (Å²) in [4.78, 5) is 26.7. The quantitative estimate of drug-likeness (QED) is 0.622. The molecule has 0 saturated carbocycles. The highest BCUT2D eigenvalue weighted by Crippen LogP contribution is 2.11. The number of nitrogens with zero attached hydrogens (tertiary/aromatic N) is 1. The van der Waals surface area contributed by atoms with E-state index in [1.807, 2.05) is 55.7 Å². The highest BCUT2D eigenvalue weighted by Gasteiger charge is 2.17. The van der Waals surface area contributed by atoms with Crippen LogP contribution < -0.4 is 4.98 Å². The lowest BCUT2D eigenvalue weighted by atomic mass is 10.2. The van der Waals surface area contributed by atoms with Gasteiger partial charge in [-0.2, -0.15) is 0 Å². The minimum atomic E-state index is -0.856. The molecule has 30 heavy (non-hydrogen) atoms. The number of carboxylic acids is 1. The Morgan fingerprint density at radius 1 is 1.17 bits per heavy atom. The summed E-state index contributed by atoms with van der Waals surface area (Å²) >= 11 is 0. The van der Waals surface area contributed by atoms with Gasteiger partial charge in [-0.25, -0.2) is 4.98 Å². The van der Waals surface area contributed by atoms with Gasteiger partial charge in [0.2, 0.25) is 0 Å². The Labute approximate surface area is 177 Å². The lowest BCUT2D eigenvalue weighted by Gasteiger charge is -1.97. The van der Waals surface area contributed by atoms with E-state index in [-0.39, 0.29) is 24.0 Å². The molecule has 0 amide bonds. The van der Waals surface area contributed by atoms with Crippen molar-refractivity contribution < 1.29 is 40.1 Å². The topological polar surface area (TPSA) is 163 Å². The number of pyridine rings is 2. The van der Waals surface area contributed by atoms with Crippen molar-refractivity contribution in [3.8, 4) is 0 Å². The molecule has 1 aliphatic rings. The Hall–Kier alpha value is -2.88. The van der Waals surface area contributed by atoms with Crippen LogP contribution in [-0.4, -0.2) is 57.0 Å². The van der Waals surface area contributed by atoms with Crippen LogP contribution in [0.4, 0.5) is 0 Å². The Balaban J connectivity index is -0.000000313. The van der Waals surface area contributed by atoms with Crippen LogP contribution in [-0.2, 0) is 14.3 Å². The number of esters is 1. The van der Waals surface area contributed by atoms with Crippen molar-refractivity contribution in [2.75, 3.05) is 7.11 Å². The van der Waals surface area contributed by atoms with Crippen LogP contribution in [0.2, 0.25) is 0 Å². The molecule has 3 rings (SSSR count). The smallest absolute Gasteiger partial charge is 0.306 e. The molecule has 2 atom stereocenters. The van der Waals surface area contributed by atoms with E-state index in [1.54, 1.807) is 19.3 Å². The number of aliphatic carboxylic acids is 1. The number of aliphatic hydroxyl groups is 2. The van der Waals surface area contributed by atoms with Gasteiger partial charge in [0.1, 0.15) is 0 Å². The van der Waals surface area contributed by atoms with E-state index >= 15 is 0 Å². The first-order valence-electron chi connectivity index (χ1n) is 9.22. The van der Waals surface area contributed by atoms with Gasteiger partial charge in [-0.3, -0.25) is 14.6 Å². The maximum absolute atomic E-state index is 10.2. The summed E-state index contributed by atoms with van der Waals surface area (Å²) in [5, 5.41) is 23.6. The molecular weight excluding hydrogens is 392 g/mol. The second kappa shape index (κ2) is 24.2. The third kappa shape index (κ3) is 27.3. The number of aliphatic hydroxyl groups excluding tert-OH is 2. The number of ether oxygens (including phenoxy) is 1. The monoisotopic (exact) mass is 427 g/mol. The Morgan fingerprint density at radius 3 is 1.83 bits per heavy atom. The van der Waals surface area contributed by atoms with Crippen LogP contribution in [0.1, 0.15) is 39.5 Å². The van der Waals surface area contributed by atoms with Gasteiger partial charge in [-0.15, -0.1) is 0 Å². The van der Waals surface area contributed by atoms with Gasteiger partial charge in [0.25, 0.3) is 0 Å². The number of rotatable bonds is 3.